The molecule has 2 amide bonds. The van der Waals surface area contributed by atoms with Gasteiger partial charge in [0.05, 0.1) is 6.20 Å². The van der Waals surface area contributed by atoms with Crippen LogP contribution >= 0.6 is 11.6 Å². The van der Waals surface area contributed by atoms with Crippen molar-refractivity contribution in [3.8, 4) is 0 Å². The van der Waals surface area contributed by atoms with Gasteiger partial charge in [-0.05, 0) is 37.5 Å². The molecule has 8 heteroatoms. The highest BCUT2D eigenvalue weighted by Gasteiger charge is 2.30. The number of aromatic nitrogens is 3. The summed E-state index contributed by atoms with van der Waals surface area (Å²) in [5.74, 6) is 0.152. The van der Waals surface area contributed by atoms with E-state index in [1.807, 2.05) is 13.0 Å². The largest absolute Gasteiger partial charge is 0.324 e. The third kappa shape index (κ3) is 4.07. The van der Waals surface area contributed by atoms with E-state index < -0.39 is 0 Å². The molecule has 0 atom stereocenters. The molecule has 0 unspecified atom stereocenters. The molecule has 3 rings (SSSR count). The van der Waals surface area contributed by atoms with E-state index in [9.17, 15) is 9.59 Å². The van der Waals surface area contributed by atoms with Gasteiger partial charge in [-0.25, -0.2) is 4.68 Å². The second-order valence-corrected chi connectivity index (χ2v) is 6.01. The Morgan fingerprint density at radius 1 is 1.35 bits per heavy atom. The Balaban J connectivity index is 1.58. The molecule has 1 aliphatic carbocycles. The van der Waals surface area contributed by atoms with Crippen molar-refractivity contribution >= 4 is 34.9 Å². The van der Waals surface area contributed by atoms with Crippen molar-refractivity contribution in [2.75, 3.05) is 10.6 Å². The number of aryl methyl sites for hydroxylation is 1. The zero-order valence-corrected chi connectivity index (χ0v) is 13.3. The van der Waals surface area contributed by atoms with Gasteiger partial charge in [0.25, 0.3) is 0 Å². The predicted octanol–water partition coefficient (Wildman–Crippen LogP) is 2.23. The molecule has 1 heterocycles. The fraction of sp³-hybridized carbons (Fsp3) is 0.333. The lowest BCUT2D eigenvalue weighted by atomic mass is 10.2. The second kappa shape index (κ2) is 6.37. The van der Waals surface area contributed by atoms with Crippen LogP contribution in [0.3, 0.4) is 0 Å². The minimum absolute atomic E-state index is 0.00173. The molecular formula is C15H16ClN5O2. The van der Waals surface area contributed by atoms with E-state index in [4.69, 9.17) is 11.6 Å². The first-order valence-corrected chi connectivity index (χ1v) is 7.66. The van der Waals surface area contributed by atoms with Crippen molar-refractivity contribution in [3.05, 3.63) is 35.0 Å². The van der Waals surface area contributed by atoms with Crippen LogP contribution in [0.25, 0.3) is 0 Å². The van der Waals surface area contributed by atoms with Gasteiger partial charge in [-0.3, -0.25) is 9.59 Å². The van der Waals surface area contributed by atoms with Crippen molar-refractivity contribution in [3.63, 3.8) is 0 Å². The summed E-state index contributed by atoms with van der Waals surface area (Å²) < 4.78 is 1.37. The topological polar surface area (TPSA) is 88.9 Å². The number of amides is 2. The number of rotatable bonds is 5. The fourth-order valence-corrected chi connectivity index (χ4v) is 2.24. The number of halogens is 1. The molecule has 120 valence electrons. The molecule has 7 nitrogen and oxygen atoms in total. The Labute approximate surface area is 138 Å². The third-order valence-electron chi connectivity index (χ3n) is 3.52. The molecule has 0 aliphatic heterocycles. The van der Waals surface area contributed by atoms with E-state index in [1.54, 1.807) is 12.1 Å². The highest BCUT2D eigenvalue weighted by Crippen LogP contribution is 2.29. The maximum absolute atomic E-state index is 12.1. The minimum Gasteiger partial charge on any atom is -0.324 e. The Kier molecular flexibility index (Phi) is 4.29. The summed E-state index contributed by atoms with van der Waals surface area (Å²) in [4.78, 5) is 23.7. The smallest absolute Gasteiger partial charge is 0.246 e. The van der Waals surface area contributed by atoms with Crippen molar-refractivity contribution in [1.82, 2.24) is 15.0 Å². The van der Waals surface area contributed by atoms with E-state index in [0.29, 0.717) is 16.5 Å². The molecule has 1 saturated carbocycles. The van der Waals surface area contributed by atoms with E-state index in [-0.39, 0.29) is 24.3 Å². The van der Waals surface area contributed by atoms with Gasteiger partial charge in [0.2, 0.25) is 11.8 Å². The number of anilines is 2. The number of carbonyl (C=O) groups is 2. The molecule has 0 saturated heterocycles. The lowest BCUT2D eigenvalue weighted by Gasteiger charge is -2.08. The summed E-state index contributed by atoms with van der Waals surface area (Å²) in [5.41, 5.74) is 1.57. The lowest BCUT2D eigenvalue weighted by molar-refractivity contribution is -0.117. The zero-order chi connectivity index (χ0) is 16.4. The highest BCUT2D eigenvalue weighted by molar-refractivity contribution is 6.31. The van der Waals surface area contributed by atoms with E-state index in [0.717, 1.165) is 18.4 Å². The van der Waals surface area contributed by atoms with E-state index >= 15 is 0 Å². The fourth-order valence-electron chi connectivity index (χ4n) is 2.07. The summed E-state index contributed by atoms with van der Waals surface area (Å²) in [7, 11) is 0. The molecule has 2 N–H and O–H groups in total. The van der Waals surface area contributed by atoms with Gasteiger partial charge in [0, 0.05) is 16.6 Å². The normalized spacial score (nSPS) is 13.7. The number of hydrogen-bond acceptors (Lipinski definition) is 4. The molecule has 2 aromatic rings. The van der Waals surface area contributed by atoms with Gasteiger partial charge in [-0.1, -0.05) is 22.9 Å². The van der Waals surface area contributed by atoms with Crippen LogP contribution in [0.1, 0.15) is 18.4 Å². The summed E-state index contributed by atoms with van der Waals surface area (Å²) >= 11 is 5.92. The van der Waals surface area contributed by atoms with Crippen molar-refractivity contribution in [1.29, 1.82) is 0 Å². The van der Waals surface area contributed by atoms with Crippen molar-refractivity contribution in [2.45, 2.75) is 26.3 Å². The van der Waals surface area contributed by atoms with Gasteiger partial charge in [-0.2, -0.15) is 0 Å². The standard InChI is InChI=1S/C15H16ClN5O2/c1-9-2-5-11(16)6-12(9)17-14(22)8-21-7-13(19-20-21)18-15(23)10-3-4-10/h2,5-7,10H,3-4,8H2,1H3,(H,17,22)(H,18,23). The van der Waals surface area contributed by atoms with Crippen LogP contribution in [0.5, 0.6) is 0 Å². The summed E-state index contributed by atoms with van der Waals surface area (Å²) in [6, 6.07) is 5.29. The molecule has 1 aliphatic rings. The van der Waals surface area contributed by atoms with Crippen molar-refractivity contribution < 1.29 is 9.59 Å². The minimum atomic E-state index is -0.250. The number of benzene rings is 1. The van der Waals surface area contributed by atoms with Crippen LogP contribution < -0.4 is 10.6 Å². The summed E-state index contributed by atoms with van der Waals surface area (Å²) in [5, 5.41) is 13.7. The molecule has 0 spiro atoms. The Morgan fingerprint density at radius 3 is 2.87 bits per heavy atom. The SMILES string of the molecule is Cc1ccc(Cl)cc1NC(=O)Cn1cc(NC(=O)C2CC2)nn1. The molecule has 1 aromatic heterocycles. The number of nitrogens with zero attached hydrogens (tertiary/aromatic N) is 3. The highest BCUT2D eigenvalue weighted by atomic mass is 35.5. The average molecular weight is 334 g/mol. The molecule has 23 heavy (non-hydrogen) atoms. The number of hydrogen-bond donors (Lipinski definition) is 2. The molecule has 0 bridgehead atoms. The molecule has 0 radical (unpaired) electrons. The van der Waals surface area contributed by atoms with Crippen molar-refractivity contribution in [2.24, 2.45) is 5.92 Å². The van der Waals surface area contributed by atoms with Gasteiger partial charge < -0.3 is 10.6 Å². The zero-order valence-electron chi connectivity index (χ0n) is 12.5. The average Bonchev–Trinajstić information content (AvgIpc) is 3.26. The quantitative estimate of drug-likeness (QED) is 0.878. The predicted molar refractivity (Wildman–Crippen MR) is 86.2 cm³/mol. The van der Waals surface area contributed by atoms with E-state index in [1.165, 1.54) is 10.9 Å². The van der Waals surface area contributed by atoms with Crippen LogP contribution in [0.4, 0.5) is 11.5 Å². The van der Waals surface area contributed by atoms with Crippen LogP contribution in [0.2, 0.25) is 5.02 Å². The molecule has 1 fully saturated rings. The van der Waals surface area contributed by atoms with Gasteiger partial charge in [-0.15, -0.1) is 5.10 Å². The van der Waals surface area contributed by atoms with Crippen LogP contribution in [0, 0.1) is 12.8 Å². The first-order chi connectivity index (χ1) is 11.0. The molecular weight excluding hydrogens is 318 g/mol. The van der Waals surface area contributed by atoms with Gasteiger partial charge in [0.1, 0.15) is 6.54 Å². The maximum Gasteiger partial charge on any atom is 0.246 e. The third-order valence-corrected chi connectivity index (χ3v) is 3.75. The van der Waals surface area contributed by atoms with Crippen LogP contribution in [-0.2, 0) is 16.1 Å². The Morgan fingerprint density at radius 2 is 2.13 bits per heavy atom. The van der Waals surface area contributed by atoms with Gasteiger partial charge in [0.15, 0.2) is 5.82 Å². The van der Waals surface area contributed by atoms with Gasteiger partial charge >= 0.3 is 0 Å². The first kappa shape index (κ1) is 15.5. The van der Waals surface area contributed by atoms with Crippen LogP contribution in [0.15, 0.2) is 24.4 Å². The van der Waals surface area contributed by atoms with E-state index in [2.05, 4.69) is 20.9 Å². The lowest BCUT2D eigenvalue weighted by Crippen LogP contribution is -2.19. The number of carbonyl (C=O) groups excluding carboxylic acids is 2. The number of nitrogens with one attached hydrogen (secondary N) is 2. The Bertz CT molecular complexity index is 754. The monoisotopic (exact) mass is 333 g/mol. The summed E-state index contributed by atoms with van der Waals surface area (Å²) in [6.07, 6.45) is 3.37. The molecule has 1 aromatic carbocycles. The van der Waals surface area contributed by atoms with Crippen LogP contribution in [-0.4, -0.2) is 26.8 Å². The maximum atomic E-state index is 12.1. The first-order valence-electron chi connectivity index (χ1n) is 7.28. The summed E-state index contributed by atoms with van der Waals surface area (Å²) in [6.45, 7) is 1.88. The second-order valence-electron chi connectivity index (χ2n) is 5.57. The Hall–Kier alpha value is -2.41.